The van der Waals surface area contributed by atoms with Crippen LogP contribution in [-0.4, -0.2) is 10.1 Å². The predicted molar refractivity (Wildman–Crippen MR) is 56.9 cm³/mol. The summed E-state index contributed by atoms with van der Waals surface area (Å²) in [5.74, 6) is 0.838. The first-order valence-electron chi connectivity index (χ1n) is 4.76. The van der Waals surface area contributed by atoms with E-state index in [1.54, 1.807) is 6.07 Å². The van der Waals surface area contributed by atoms with Gasteiger partial charge >= 0.3 is 0 Å². The summed E-state index contributed by atoms with van der Waals surface area (Å²) in [6.07, 6.45) is 2.40. The lowest BCUT2D eigenvalue weighted by molar-refractivity contribution is 0.482. The van der Waals surface area contributed by atoms with Gasteiger partial charge < -0.3 is 10.1 Å². The van der Waals surface area contributed by atoms with Crippen LogP contribution in [0.25, 0.3) is 10.9 Å². The zero-order chi connectivity index (χ0) is 9.71. The van der Waals surface area contributed by atoms with Gasteiger partial charge in [-0.3, -0.25) is 0 Å². The summed E-state index contributed by atoms with van der Waals surface area (Å²) >= 11 is 6.21. The number of aromatic amines is 1. The van der Waals surface area contributed by atoms with Crippen LogP contribution in [0.2, 0.25) is 5.02 Å². The molecule has 0 spiro atoms. The molecule has 2 aromatic rings. The van der Waals surface area contributed by atoms with E-state index in [2.05, 4.69) is 4.98 Å². The van der Waals surface area contributed by atoms with E-state index in [0.717, 1.165) is 16.6 Å². The van der Waals surface area contributed by atoms with Crippen molar-refractivity contribution in [3.05, 3.63) is 28.9 Å². The van der Waals surface area contributed by atoms with E-state index in [1.807, 2.05) is 12.1 Å². The maximum absolute atomic E-state index is 9.66. The first-order valence-corrected chi connectivity index (χ1v) is 5.14. The number of aromatic nitrogens is 1. The highest BCUT2D eigenvalue weighted by Gasteiger charge is 2.28. The highest BCUT2D eigenvalue weighted by Crippen LogP contribution is 2.46. The SMILES string of the molecule is Oc1cccc2[nH]c(C3CC3)c(Cl)c12. The first kappa shape index (κ1) is 8.18. The van der Waals surface area contributed by atoms with E-state index in [0.29, 0.717) is 10.9 Å². The van der Waals surface area contributed by atoms with Gasteiger partial charge in [-0.05, 0) is 25.0 Å². The smallest absolute Gasteiger partial charge is 0.126 e. The fraction of sp³-hybridized carbons (Fsp3) is 0.273. The number of nitrogens with one attached hydrogen (secondary N) is 1. The van der Waals surface area contributed by atoms with E-state index >= 15 is 0 Å². The average Bonchev–Trinajstić information content (AvgIpc) is 2.93. The third kappa shape index (κ3) is 1.04. The van der Waals surface area contributed by atoms with Crippen LogP contribution in [0, 0.1) is 0 Å². The van der Waals surface area contributed by atoms with Gasteiger partial charge in [-0.1, -0.05) is 17.7 Å². The summed E-state index contributed by atoms with van der Waals surface area (Å²) in [7, 11) is 0. The van der Waals surface area contributed by atoms with E-state index in [4.69, 9.17) is 11.6 Å². The molecule has 14 heavy (non-hydrogen) atoms. The molecule has 3 rings (SSSR count). The molecule has 1 saturated carbocycles. The van der Waals surface area contributed by atoms with Gasteiger partial charge in [0.05, 0.1) is 15.9 Å². The Morgan fingerprint density at radius 2 is 2.14 bits per heavy atom. The van der Waals surface area contributed by atoms with Gasteiger partial charge in [0.2, 0.25) is 0 Å². The number of hydrogen-bond donors (Lipinski definition) is 2. The molecular formula is C11H10ClNO. The minimum Gasteiger partial charge on any atom is -0.507 e. The van der Waals surface area contributed by atoms with Crippen molar-refractivity contribution in [1.29, 1.82) is 0 Å². The third-order valence-electron chi connectivity index (χ3n) is 2.75. The molecule has 0 unspecified atom stereocenters. The predicted octanol–water partition coefficient (Wildman–Crippen LogP) is 3.40. The van der Waals surface area contributed by atoms with Gasteiger partial charge in [0.1, 0.15) is 5.75 Å². The summed E-state index contributed by atoms with van der Waals surface area (Å²) in [5.41, 5.74) is 2.01. The number of rotatable bonds is 1. The molecule has 0 amide bonds. The summed E-state index contributed by atoms with van der Waals surface area (Å²) in [4.78, 5) is 3.27. The van der Waals surface area contributed by atoms with Crippen molar-refractivity contribution in [1.82, 2.24) is 4.98 Å². The van der Waals surface area contributed by atoms with Crippen molar-refractivity contribution in [2.75, 3.05) is 0 Å². The highest BCUT2D eigenvalue weighted by atomic mass is 35.5. The van der Waals surface area contributed by atoms with Crippen LogP contribution >= 0.6 is 11.6 Å². The molecule has 2 N–H and O–H groups in total. The maximum Gasteiger partial charge on any atom is 0.126 e. The molecule has 1 aromatic carbocycles. The Kier molecular flexibility index (Phi) is 1.56. The van der Waals surface area contributed by atoms with Crippen LogP contribution in [0.1, 0.15) is 24.5 Å². The Hall–Kier alpha value is -1.15. The average molecular weight is 208 g/mol. The van der Waals surface area contributed by atoms with Gasteiger partial charge in [-0.15, -0.1) is 0 Å². The fourth-order valence-corrected chi connectivity index (χ4v) is 2.26. The normalized spacial score (nSPS) is 16.4. The molecule has 72 valence electrons. The Morgan fingerprint density at radius 1 is 1.36 bits per heavy atom. The molecule has 0 saturated heterocycles. The molecule has 0 radical (unpaired) electrons. The number of aromatic hydroxyl groups is 1. The second kappa shape index (κ2) is 2.67. The Balaban J connectivity index is 2.34. The van der Waals surface area contributed by atoms with E-state index < -0.39 is 0 Å². The second-order valence-corrected chi connectivity index (χ2v) is 4.20. The van der Waals surface area contributed by atoms with E-state index in [9.17, 15) is 5.11 Å². The molecule has 1 aliphatic carbocycles. The lowest BCUT2D eigenvalue weighted by atomic mass is 10.2. The quantitative estimate of drug-likeness (QED) is 0.739. The molecule has 2 nitrogen and oxygen atoms in total. The van der Waals surface area contributed by atoms with Crippen LogP contribution in [0.3, 0.4) is 0 Å². The van der Waals surface area contributed by atoms with E-state index in [1.165, 1.54) is 12.8 Å². The van der Waals surface area contributed by atoms with Crippen molar-refractivity contribution < 1.29 is 5.11 Å². The Labute approximate surface area is 86.5 Å². The van der Waals surface area contributed by atoms with Crippen molar-refractivity contribution >= 4 is 22.5 Å². The largest absolute Gasteiger partial charge is 0.507 e. The Morgan fingerprint density at radius 3 is 2.79 bits per heavy atom. The molecule has 0 aliphatic heterocycles. The van der Waals surface area contributed by atoms with Gasteiger partial charge in [-0.2, -0.15) is 0 Å². The number of phenolic OH excluding ortho intramolecular Hbond substituents is 1. The van der Waals surface area contributed by atoms with Gasteiger partial charge in [0.25, 0.3) is 0 Å². The van der Waals surface area contributed by atoms with Crippen molar-refractivity contribution in [2.45, 2.75) is 18.8 Å². The van der Waals surface area contributed by atoms with Crippen molar-refractivity contribution in [2.24, 2.45) is 0 Å². The molecular weight excluding hydrogens is 198 g/mol. The minimum absolute atomic E-state index is 0.260. The molecule has 1 fully saturated rings. The summed E-state index contributed by atoms with van der Waals surface area (Å²) in [5, 5.41) is 11.1. The van der Waals surface area contributed by atoms with Gasteiger partial charge in [0, 0.05) is 11.6 Å². The Bertz CT molecular complexity index is 499. The van der Waals surface area contributed by atoms with E-state index in [-0.39, 0.29) is 5.75 Å². The van der Waals surface area contributed by atoms with Crippen LogP contribution in [-0.2, 0) is 0 Å². The second-order valence-electron chi connectivity index (χ2n) is 3.83. The van der Waals surface area contributed by atoms with Gasteiger partial charge in [0.15, 0.2) is 0 Å². The molecule has 0 bridgehead atoms. The number of benzene rings is 1. The molecule has 1 aromatic heterocycles. The molecule has 0 atom stereocenters. The summed E-state index contributed by atoms with van der Waals surface area (Å²) in [6.45, 7) is 0. The lowest BCUT2D eigenvalue weighted by Gasteiger charge is -1.94. The topological polar surface area (TPSA) is 36.0 Å². The zero-order valence-corrected chi connectivity index (χ0v) is 8.30. The number of hydrogen-bond acceptors (Lipinski definition) is 1. The minimum atomic E-state index is 0.260. The monoisotopic (exact) mass is 207 g/mol. The molecule has 3 heteroatoms. The number of fused-ring (bicyclic) bond motifs is 1. The highest BCUT2D eigenvalue weighted by molar-refractivity contribution is 6.37. The molecule has 1 heterocycles. The standard InChI is InChI=1S/C11H10ClNO/c12-10-9-7(2-1-3-8(9)14)13-11(10)6-4-5-6/h1-3,6,13-14H,4-5H2. The van der Waals surface area contributed by atoms with Crippen LogP contribution in [0.4, 0.5) is 0 Å². The summed E-state index contributed by atoms with van der Waals surface area (Å²) in [6, 6.07) is 5.42. The number of H-pyrrole nitrogens is 1. The maximum atomic E-state index is 9.66. The first-order chi connectivity index (χ1) is 6.77. The molecule has 1 aliphatic rings. The van der Waals surface area contributed by atoms with Gasteiger partial charge in [-0.25, -0.2) is 0 Å². The van der Waals surface area contributed by atoms with Crippen LogP contribution in [0.5, 0.6) is 5.75 Å². The van der Waals surface area contributed by atoms with Crippen LogP contribution < -0.4 is 0 Å². The zero-order valence-electron chi connectivity index (χ0n) is 7.55. The third-order valence-corrected chi connectivity index (χ3v) is 3.15. The lowest BCUT2D eigenvalue weighted by Crippen LogP contribution is -1.77. The number of halogens is 1. The number of phenols is 1. The summed E-state index contributed by atoms with van der Waals surface area (Å²) < 4.78 is 0. The van der Waals surface area contributed by atoms with Crippen molar-refractivity contribution in [3.63, 3.8) is 0 Å². The van der Waals surface area contributed by atoms with Crippen LogP contribution in [0.15, 0.2) is 18.2 Å². The fourth-order valence-electron chi connectivity index (χ4n) is 1.86. The van der Waals surface area contributed by atoms with Crippen molar-refractivity contribution in [3.8, 4) is 5.75 Å².